The molecule has 0 spiro atoms. The average molecular weight is 276 g/mol. The molecule has 0 aliphatic rings. The van der Waals surface area contributed by atoms with Crippen molar-refractivity contribution in [2.45, 2.75) is 6.42 Å². The molecule has 0 bridgehead atoms. The summed E-state index contributed by atoms with van der Waals surface area (Å²) in [5.74, 6) is 0.0752. The van der Waals surface area contributed by atoms with E-state index in [1.807, 2.05) is 30.3 Å². The maximum atomic E-state index is 12.0. The number of hydrogen-bond acceptors (Lipinski definition) is 2. The second-order valence-corrected chi connectivity index (χ2v) is 4.18. The number of Topliss-reactive ketones (excluding diaryl/α,β-unsaturated/α-hetero) is 1. The molecule has 0 N–H and O–H groups in total. The van der Waals surface area contributed by atoms with Crippen molar-refractivity contribution in [3.63, 3.8) is 0 Å². The van der Waals surface area contributed by atoms with E-state index in [1.54, 1.807) is 18.3 Å². The van der Waals surface area contributed by atoms with E-state index >= 15 is 0 Å². The summed E-state index contributed by atoms with van der Waals surface area (Å²) in [4.78, 5) is 16.0. The molecular weight excluding hydrogens is 266 g/mol. The van der Waals surface area contributed by atoms with Crippen LogP contribution >= 0.6 is 15.9 Å². The Balaban J connectivity index is 2.19. The molecule has 1 heterocycles. The van der Waals surface area contributed by atoms with Crippen LogP contribution < -0.4 is 0 Å². The summed E-state index contributed by atoms with van der Waals surface area (Å²) in [6.45, 7) is 0. The van der Waals surface area contributed by atoms with Gasteiger partial charge in [0.2, 0.25) is 0 Å². The molecule has 3 heteroatoms. The minimum atomic E-state index is 0.0752. The van der Waals surface area contributed by atoms with Crippen molar-refractivity contribution in [2.24, 2.45) is 0 Å². The van der Waals surface area contributed by atoms with Crippen LogP contribution in [0.5, 0.6) is 0 Å². The lowest BCUT2D eigenvalue weighted by molar-refractivity contribution is 0.0992. The molecule has 0 aliphatic carbocycles. The lowest BCUT2D eigenvalue weighted by atomic mass is 10.0. The summed E-state index contributed by atoms with van der Waals surface area (Å²) in [6, 6.07) is 13.2. The number of ketones is 1. The summed E-state index contributed by atoms with van der Waals surface area (Å²) >= 11 is 3.28. The van der Waals surface area contributed by atoms with Crippen LogP contribution in [0, 0.1) is 0 Å². The van der Waals surface area contributed by atoms with Gasteiger partial charge in [-0.15, -0.1) is 0 Å². The van der Waals surface area contributed by atoms with Crippen LogP contribution in [0.2, 0.25) is 0 Å². The molecule has 80 valence electrons. The van der Waals surface area contributed by atoms with Gasteiger partial charge in [0.15, 0.2) is 5.78 Å². The fourth-order valence-electron chi connectivity index (χ4n) is 1.47. The standard InChI is InChI=1S/C13H10BrNO/c14-13-11(7-4-8-15-13)12(16)9-10-5-2-1-3-6-10/h1-8H,9H2. The molecule has 0 saturated carbocycles. The second kappa shape index (κ2) is 5.03. The molecule has 16 heavy (non-hydrogen) atoms. The number of hydrogen-bond donors (Lipinski definition) is 0. The van der Waals surface area contributed by atoms with Crippen LogP contribution in [0.4, 0.5) is 0 Å². The molecule has 0 aliphatic heterocycles. The Morgan fingerprint density at radius 1 is 1.12 bits per heavy atom. The first-order valence-corrected chi connectivity index (χ1v) is 5.74. The van der Waals surface area contributed by atoms with Crippen molar-refractivity contribution in [3.8, 4) is 0 Å². The third-order valence-corrected chi connectivity index (χ3v) is 2.90. The third-order valence-electron chi connectivity index (χ3n) is 2.27. The Morgan fingerprint density at radius 3 is 2.56 bits per heavy atom. The van der Waals surface area contributed by atoms with Crippen LogP contribution in [0.1, 0.15) is 15.9 Å². The molecular formula is C13H10BrNO. The van der Waals surface area contributed by atoms with Gasteiger partial charge in [-0.1, -0.05) is 30.3 Å². The molecule has 0 amide bonds. The summed E-state index contributed by atoms with van der Waals surface area (Å²) < 4.78 is 0.607. The number of carbonyl (C=O) groups is 1. The third kappa shape index (κ3) is 2.55. The Hall–Kier alpha value is -1.48. The Morgan fingerprint density at radius 2 is 1.88 bits per heavy atom. The minimum absolute atomic E-state index is 0.0752. The highest BCUT2D eigenvalue weighted by Gasteiger charge is 2.10. The molecule has 2 nitrogen and oxygen atoms in total. The Kier molecular flexibility index (Phi) is 3.47. The first-order chi connectivity index (χ1) is 7.77. The molecule has 1 aromatic carbocycles. The normalized spacial score (nSPS) is 10.1. The van der Waals surface area contributed by atoms with Crippen LogP contribution in [-0.4, -0.2) is 10.8 Å². The van der Waals surface area contributed by atoms with Crippen molar-refractivity contribution >= 4 is 21.7 Å². The van der Waals surface area contributed by atoms with Crippen molar-refractivity contribution in [1.29, 1.82) is 0 Å². The average Bonchev–Trinajstić information content (AvgIpc) is 2.31. The van der Waals surface area contributed by atoms with Gasteiger partial charge in [-0.2, -0.15) is 0 Å². The topological polar surface area (TPSA) is 30.0 Å². The molecule has 2 rings (SSSR count). The van der Waals surface area contributed by atoms with Gasteiger partial charge in [0.1, 0.15) is 4.60 Å². The number of benzene rings is 1. The van der Waals surface area contributed by atoms with Gasteiger partial charge in [-0.05, 0) is 33.6 Å². The van der Waals surface area contributed by atoms with Crippen LogP contribution in [0.3, 0.4) is 0 Å². The molecule has 1 aromatic heterocycles. The van der Waals surface area contributed by atoms with E-state index < -0.39 is 0 Å². The van der Waals surface area contributed by atoms with E-state index in [4.69, 9.17) is 0 Å². The van der Waals surface area contributed by atoms with Crippen LogP contribution in [0.25, 0.3) is 0 Å². The number of halogens is 1. The smallest absolute Gasteiger partial charge is 0.169 e. The zero-order valence-electron chi connectivity index (χ0n) is 8.56. The highest BCUT2D eigenvalue weighted by molar-refractivity contribution is 9.10. The Bertz CT molecular complexity index is 496. The fourth-order valence-corrected chi connectivity index (χ4v) is 1.94. The van der Waals surface area contributed by atoms with Crippen LogP contribution in [-0.2, 0) is 6.42 Å². The lowest BCUT2D eigenvalue weighted by Crippen LogP contribution is -2.04. The molecule has 0 saturated heterocycles. The summed E-state index contributed by atoms with van der Waals surface area (Å²) in [6.07, 6.45) is 2.06. The lowest BCUT2D eigenvalue weighted by Gasteiger charge is -2.02. The van der Waals surface area contributed by atoms with Gasteiger partial charge in [-0.3, -0.25) is 4.79 Å². The fraction of sp³-hybridized carbons (Fsp3) is 0.0769. The number of nitrogens with zero attached hydrogens (tertiary/aromatic N) is 1. The number of pyridine rings is 1. The highest BCUT2D eigenvalue weighted by Crippen LogP contribution is 2.15. The summed E-state index contributed by atoms with van der Waals surface area (Å²) in [5, 5.41) is 0. The zero-order valence-corrected chi connectivity index (χ0v) is 10.1. The first kappa shape index (κ1) is 11.0. The quantitative estimate of drug-likeness (QED) is 0.636. The number of rotatable bonds is 3. The maximum Gasteiger partial charge on any atom is 0.169 e. The van der Waals surface area contributed by atoms with Crippen molar-refractivity contribution < 1.29 is 4.79 Å². The molecule has 0 unspecified atom stereocenters. The van der Waals surface area contributed by atoms with E-state index in [0.29, 0.717) is 16.6 Å². The number of carbonyl (C=O) groups excluding carboxylic acids is 1. The molecule has 0 radical (unpaired) electrons. The van der Waals surface area contributed by atoms with Gasteiger partial charge in [0.05, 0.1) is 5.56 Å². The SMILES string of the molecule is O=C(Cc1ccccc1)c1cccnc1Br. The van der Waals surface area contributed by atoms with Gasteiger partial charge in [-0.25, -0.2) is 4.98 Å². The Labute approximate surface area is 102 Å². The first-order valence-electron chi connectivity index (χ1n) is 4.95. The molecule has 0 fully saturated rings. The van der Waals surface area contributed by atoms with E-state index in [9.17, 15) is 4.79 Å². The van der Waals surface area contributed by atoms with E-state index in [1.165, 1.54) is 0 Å². The highest BCUT2D eigenvalue weighted by atomic mass is 79.9. The van der Waals surface area contributed by atoms with E-state index in [-0.39, 0.29) is 5.78 Å². The summed E-state index contributed by atoms with van der Waals surface area (Å²) in [5.41, 5.74) is 1.65. The van der Waals surface area contributed by atoms with Gasteiger partial charge in [0.25, 0.3) is 0 Å². The predicted molar refractivity (Wildman–Crippen MR) is 66.4 cm³/mol. The zero-order chi connectivity index (χ0) is 11.4. The monoisotopic (exact) mass is 275 g/mol. The largest absolute Gasteiger partial charge is 0.294 e. The van der Waals surface area contributed by atoms with Crippen molar-refractivity contribution in [3.05, 3.63) is 64.4 Å². The molecule has 2 aromatic rings. The van der Waals surface area contributed by atoms with Crippen molar-refractivity contribution in [2.75, 3.05) is 0 Å². The van der Waals surface area contributed by atoms with Gasteiger partial charge >= 0.3 is 0 Å². The minimum Gasteiger partial charge on any atom is -0.294 e. The van der Waals surface area contributed by atoms with Gasteiger partial charge < -0.3 is 0 Å². The van der Waals surface area contributed by atoms with E-state index in [2.05, 4.69) is 20.9 Å². The predicted octanol–water partition coefficient (Wildman–Crippen LogP) is 3.27. The maximum absolute atomic E-state index is 12.0. The number of aromatic nitrogens is 1. The van der Waals surface area contributed by atoms with E-state index in [0.717, 1.165) is 5.56 Å². The van der Waals surface area contributed by atoms with Gasteiger partial charge in [0, 0.05) is 12.6 Å². The van der Waals surface area contributed by atoms with Crippen molar-refractivity contribution in [1.82, 2.24) is 4.98 Å². The van der Waals surface area contributed by atoms with Crippen LogP contribution in [0.15, 0.2) is 53.3 Å². The second-order valence-electron chi connectivity index (χ2n) is 3.43. The molecule has 0 atom stereocenters. The summed E-state index contributed by atoms with van der Waals surface area (Å²) in [7, 11) is 0.